The lowest BCUT2D eigenvalue weighted by atomic mass is 9.97. The molecule has 0 aromatic heterocycles. The Hall–Kier alpha value is -1.91. The molecule has 0 saturated carbocycles. The number of carboxylic acid groups (broad SMARTS) is 1. The fourth-order valence-corrected chi connectivity index (χ4v) is 2.33. The quantitative estimate of drug-likeness (QED) is 0.890. The maximum atomic E-state index is 13.7. The number of piperidine rings is 1. The topological polar surface area (TPSA) is 57.6 Å². The van der Waals surface area contributed by atoms with Gasteiger partial charge in [0.05, 0.1) is 11.5 Å². The van der Waals surface area contributed by atoms with Gasteiger partial charge in [-0.1, -0.05) is 6.07 Å². The Morgan fingerprint density at radius 2 is 2.16 bits per heavy atom. The average Bonchev–Trinajstić information content (AvgIpc) is 2.38. The summed E-state index contributed by atoms with van der Waals surface area (Å²) in [5.74, 6) is -2.43. The maximum absolute atomic E-state index is 13.7. The summed E-state index contributed by atoms with van der Waals surface area (Å²) in [6.45, 7) is 2.39. The van der Waals surface area contributed by atoms with Crippen molar-refractivity contribution in [3.05, 3.63) is 35.1 Å². The second-order valence-corrected chi connectivity index (χ2v) is 4.91. The third-order valence-electron chi connectivity index (χ3n) is 3.41. The van der Waals surface area contributed by atoms with Gasteiger partial charge in [0.15, 0.2) is 0 Å². The number of carbonyl (C=O) groups is 2. The number of hydrogen-bond donors (Lipinski definition) is 1. The highest BCUT2D eigenvalue weighted by Gasteiger charge is 2.29. The molecule has 0 aliphatic carbocycles. The van der Waals surface area contributed by atoms with E-state index in [0.717, 1.165) is 5.56 Å². The monoisotopic (exact) mass is 265 g/mol. The molecule has 1 N–H and O–H groups in total. The van der Waals surface area contributed by atoms with Crippen molar-refractivity contribution in [3.8, 4) is 0 Å². The number of carboxylic acids is 1. The molecule has 1 fully saturated rings. The van der Waals surface area contributed by atoms with Gasteiger partial charge in [0.25, 0.3) is 5.91 Å². The minimum Gasteiger partial charge on any atom is -0.481 e. The Morgan fingerprint density at radius 3 is 2.79 bits per heavy atom. The van der Waals surface area contributed by atoms with Gasteiger partial charge in [-0.05, 0) is 37.5 Å². The number of hydrogen-bond acceptors (Lipinski definition) is 2. The molecule has 1 aliphatic rings. The maximum Gasteiger partial charge on any atom is 0.308 e. The molecule has 0 bridgehead atoms. The Balaban J connectivity index is 2.17. The predicted molar refractivity (Wildman–Crippen MR) is 67.4 cm³/mol. The molecule has 19 heavy (non-hydrogen) atoms. The van der Waals surface area contributed by atoms with Crippen molar-refractivity contribution < 1.29 is 19.1 Å². The molecular weight excluding hydrogens is 249 g/mol. The lowest BCUT2D eigenvalue weighted by Gasteiger charge is -2.30. The zero-order chi connectivity index (χ0) is 14.0. The van der Waals surface area contributed by atoms with Crippen molar-refractivity contribution in [1.82, 2.24) is 4.90 Å². The summed E-state index contributed by atoms with van der Waals surface area (Å²) in [5, 5.41) is 8.99. The Morgan fingerprint density at radius 1 is 1.42 bits per heavy atom. The van der Waals surface area contributed by atoms with Crippen molar-refractivity contribution >= 4 is 11.9 Å². The molecule has 1 saturated heterocycles. The van der Waals surface area contributed by atoms with Gasteiger partial charge in [-0.15, -0.1) is 0 Å². The summed E-state index contributed by atoms with van der Waals surface area (Å²) in [4.78, 5) is 24.6. The highest BCUT2D eigenvalue weighted by molar-refractivity contribution is 5.94. The van der Waals surface area contributed by atoms with Crippen LogP contribution in [0.1, 0.15) is 28.8 Å². The summed E-state index contributed by atoms with van der Waals surface area (Å²) in [5.41, 5.74) is 0.757. The second kappa shape index (κ2) is 5.38. The molecule has 1 amide bonds. The average molecular weight is 265 g/mol. The van der Waals surface area contributed by atoms with Crippen molar-refractivity contribution in [2.75, 3.05) is 13.1 Å². The number of rotatable bonds is 2. The molecule has 5 heteroatoms. The van der Waals surface area contributed by atoms with Crippen LogP contribution in [0.3, 0.4) is 0 Å². The van der Waals surface area contributed by atoms with E-state index in [9.17, 15) is 14.0 Å². The molecule has 0 radical (unpaired) electrons. The number of likely N-dealkylation sites (tertiary alicyclic amines) is 1. The number of nitrogens with zero attached hydrogens (tertiary/aromatic N) is 1. The van der Waals surface area contributed by atoms with E-state index >= 15 is 0 Å². The minimum absolute atomic E-state index is 0.0108. The third-order valence-corrected chi connectivity index (χ3v) is 3.41. The van der Waals surface area contributed by atoms with Crippen LogP contribution in [0.4, 0.5) is 4.39 Å². The molecule has 1 atom stereocenters. The van der Waals surface area contributed by atoms with E-state index in [4.69, 9.17) is 5.11 Å². The molecule has 0 unspecified atom stereocenters. The van der Waals surface area contributed by atoms with Crippen LogP contribution in [0.2, 0.25) is 0 Å². The normalized spacial score (nSPS) is 19.3. The van der Waals surface area contributed by atoms with Crippen LogP contribution in [0.15, 0.2) is 18.2 Å². The minimum atomic E-state index is -0.901. The van der Waals surface area contributed by atoms with Crippen molar-refractivity contribution in [3.63, 3.8) is 0 Å². The van der Waals surface area contributed by atoms with Gasteiger partial charge in [-0.3, -0.25) is 9.59 Å². The highest BCUT2D eigenvalue weighted by atomic mass is 19.1. The molecule has 1 aliphatic heterocycles. The number of amides is 1. The van der Waals surface area contributed by atoms with Crippen LogP contribution < -0.4 is 0 Å². The number of aliphatic carboxylic acids is 1. The molecule has 0 spiro atoms. The van der Waals surface area contributed by atoms with E-state index in [1.54, 1.807) is 13.0 Å². The first-order valence-corrected chi connectivity index (χ1v) is 6.27. The van der Waals surface area contributed by atoms with Crippen LogP contribution in [-0.4, -0.2) is 35.0 Å². The van der Waals surface area contributed by atoms with Crippen molar-refractivity contribution in [1.29, 1.82) is 0 Å². The molecule has 102 valence electrons. The number of halogens is 1. The zero-order valence-electron chi connectivity index (χ0n) is 10.7. The highest BCUT2D eigenvalue weighted by Crippen LogP contribution is 2.20. The van der Waals surface area contributed by atoms with Gasteiger partial charge in [-0.25, -0.2) is 4.39 Å². The fourth-order valence-electron chi connectivity index (χ4n) is 2.33. The van der Waals surface area contributed by atoms with Crippen LogP contribution >= 0.6 is 0 Å². The third kappa shape index (κ3) is 2.92. The first-order valence-electron chi connectivity index (χ1n) is 6.27. The number of benzene rings is 1. The van der Waals surface area contributed by atoms with E-state index in [0.29, 0.717) is 19.4 Å². The van der Waals surface area contributed by atoms with E-state index in [1.165, 1.54) is 17.0 Å². The van der Waals surface area contributed by atoms with Gasteiger partial charge >= 0.3 is 5.97 Å². The molecule has 4 nitrogen and oxygen atoms in total. The van der Waals surface area contributed by atoms with Crippen LogP contribution in [0, 0.1) is 18.7 Å². The fraction of sp³-hybridized carbons (Fsp3) is 0.429. The summed E-state index contributed by atoms with van der Waals surface area (Å²) in [7, 11) is 0. The first-order chi connectivity index (χ1) is 8.99. The van der Waals surface area contributed by atoms with E-state index in [1.807, 2.05) is 0 Å². The van der Waals surface area contributed by atoms with Gasteiger partial charge < -0.3 is 10.0 Å². The van der Waals surface area contributed by atoms with Gasteiger partial charge in [0, 0.05) is 13.1 Å². The van der Waals surface area contributed by atoms with E-state index < -0.39 is 23.6 Å². The molecule has 1 aromatic carbocycles. The van der Waals surface area contributed by atoms with E-state index in [-0.39, 0.29) is 12.1 Å². The SMILES string of the molecule is Cc1ccc(C(=O)N2CCC[C@H](C(=O)O)C2)c(F)c1. The lowest BCUT2D eigenvalue weighted by molar-refractivity contribution is -0.143. The van der Waals surface area contributed by atoms with Gasteiger partial charge in [0.2, 0.25) is 0 Å². The van der Waals surface area contributed by atoms with Crippen LogP contribution in [0.5, 0.6) is 0 Å². The second-order valence-electron chi connectivity index (χ2n) is 4.91. The Labute approximate surface area is 110 Å². The van der Waals surface area contributed by atoms with Gasteiger partial charge in [0.1, 0.15) is 5.82 Å². The molecule has 1 heterocycles. The lowest BCUT2D eigenvalue weighted by Crippen LogP contribution is -2.42. The molecule has 1 aromatic rings. The molecular formula is C14H16FNO3. The van der Waals surface area contributed by atoms with Crippen molar-refractivity contribution in [2.45, 2.75) is 19.8 Å². The van der Waals surface area contributed by atoms with E-state index in [2.05, 4.69) is 0 Å². The Kier molecular flexibility index (Phi) is 3.83. The van der Waals surface area contributed by atoms with Gasteiger partial charge in [-0.2, -0.15) is 0 Å². The zero-order valence-corrected chi connectivity index (χ0v) is 10.7. The largest absolute Gasteiger partial charge is 0.481 e. The predicted octanol–water partition coefficient (Wildman–Crippen LogP) is 2.07. The number of carbonyl (C=O) groups excluding carboxylic acids is 1. The summed E-state index contributed by atoms with van der Waals surface area (Å²) >= 11 is 0. The molecule has 2 rings (SSSR count). The number of aryl methyl sites for hydroxylation is 1. The Bertz CT molecular complexity index is 515. The van der Waals surface area contributed by atoms with Crippen molar-refractivity contribution in [2.24, 2.45) is 5.92 Å². The summed E-state index contributed by atoms with van der Waals surface area (Å²) in [6, 6.07) is 4.44. The van der Waals surface area contributed by atoms with Crippen LogP contribution in [0.25, 0.3) is 0 Å². The smallest absolute Gasteiger partial charge is 0.308 e. The standard InChI is InChI=1S/C14H16FNO3/c1-9-4-5-11(12(15)7-9)13(17)16-6-2-3-10(8-16)14(18)19/h4-5,7,10H,2-3,6,8H2,1H3,(H,18,19)/t10-/m0/s1. The first kappa shape index (κ1) is 13.5. The van der Waals surface area contributed by atoms with Crippen LogP contribution in [-0.2, 0) is 4.79 Å². The summed E-state index contributed by atoms with van der Waals surface area (Å²) in [6.07, 6.45) is 1.20. The summed E-state index contributed by atoms with van der Waals surface area (Å²) < 4.78 is 13.7.